The maximum Gasteiger partial charge on any atom is 0.337 e. The number of para-hydroxylation sites is 1. The van der Waals surface area contributed by atoms with Crippen LogP contribution in [0.1, 0.15) is 28.9 Å². The molecule has 3 N–H and O–H groups in total. The summed E-state index contributed by atoms with van der Waals surface area (Å²) in [4.78, 5) is 13.8. The summed E-state index contributed by atoms with van der Waals surface area (Å²) in [5, 5.41) is 18.5. The summed E-state index contributed by atoms with van der Waals surface area (Å²) in [5.74, 6) is 0.0671. The highest BCUT2D eigenvalue weighted by atomic mass is 16.5. The van der Waals surface area contributed by atoms with Crippen molar-refractivity contribution in [1.29, 1.82) is 0 Å². The Balaban J connectivity index is 1.62. The molecule has 0 unspecified atom stereocenters. The van der Waals surface area contributed by atoms with Crippen molar-refractivity contribution in [3.63, 3.8) is 0 Å². The molecule has 0 saturated carbocycles. The minimum absolute atomic E-state index is 0.0642. The lowest BCUT2D eigenvalue weighted by molar-refractivity contribution is 0.0215. The summed E-state index contributed by atoms with van der Waals surface area (Å²) in [6.07, 6.45) is -0.205. The van der Waals surface area contributed by atoms with Gasteiger partial charge < -0.3 is 25.2 Å². The van der Waals surface area contributed by atoms with E-state index in [2.05, 4.69) is 22.0 Å². The van der Waals surface area contributed by atoms with Crippen LogP contribution in [0.2, 0.25) is 0 Å². The fraction of sp³-hybridized carbons (Fsp3) is 0.261. The van der Waals surface area contributed by atoms with Gasteiger partial charge in [-0.3, -0.25) is 0 Å². The monoisotopic (exact) mass is 420 g/mol. The summed E-state index contributed by atoms with van der Waals surface area (Å²) in [5.41, 5.74) is 9.49. The van der Waals surface area contributed by atoms with Gasteiger partial charge in [0.25, 0.3) is 0 Å². The summed E-state index contributed by atoms with van der Waals surface area (Å²) in [6, 6.07) is 16.1. The number of carbonyl (C=O) groups excluding carboxylic acids is 1. The number of morpholine rings is 1. The third-order valence-electron chi connectivity index (χ3n) is 5.43. The number of rotatable bonds is 4. The van der Waals surface area contributed by atoms with Crippen LogP contribution in [0.25, 0.3) is 11.3 Å². The minimum Gasteiger partial charge on any atom is -0.507 e. The van der Waals surface area contributed by atoms with E-state index in [4.69, 9.17) is 15.2 Å². The summed E-state index contributed by atoms with van der Waals surface area (Å²) in [7, 11) is 1.36. The predicted octanol–water partition coefficient (Wildman–Crippen LogP) is 3.18. The van der Waals surface area contributed by atoms with Crippen molar-refractivity contribution < 1.29 is 19.4 Å². The van der Waals surface area contributed by atoms with Crippen molar-refractivity contribution in [3.05, 3.63) is 65.7 Å². The molecule has 1 aliphatic rings. The minimum atomic E-state index is -0.376. The molecule has 8 heteroatoms. The maximum atomic E-state index is 11.7. The number of hydrogen-bond donors (Lipinski definition) is 2. The predicted molar refractivity (Wildman–Crippen MR) is 117 cm³/mol. The molecule has 0 spiro atoms. The first-order chi connectivity index (χ1) is 15.0. The molecule has 0 bridgehead atoms. The molecule has 31 heavy (non-hydrogen) atoms. The number of benzene rings is 2. The van der Waals surface area contributed by atoms with Gasteiger partial charge in [-0.05, 0) is 42.8 Å². The van der Waals surface area contributed by atoms with E-state index in [1.165, 1.54) is 7.11 Å². The average Bonchev–Trinajstić information content (AvgIpc) is 2.80. The summed E-state index contributed by atoms with van der Waals surface area (Å²) in [6.45, 7) is 3.10. The maximum absolute atomic E-state index is 11.7. The topological polar surface area (TPSA) is 111 Å². The van der Waals surface area contributed by atoms with Crippen LogP contribution in [0.3, 0.4) is 0 Å². The third kappa shape index (κ3) is 4.15. The lowest BCUT2D eigenvalue weighted by Gasteiger charge is -2.40. The molecule has 0 aliphatic carbocycles. The highest BCUT2D eigenvalue weighted by Gasteiger charge is 2.29. The Kier molecular flexibility index (Phi) is 5.73. The first-order valence-corrected chi connectivity index (χ1v) is 9.96. The smallest absolute Gasteiger partial charge is 0.337 e. The van der Waals surface area contributed by atoms with Crippen LogP contribution in [0, 0.1) is 0 Å². The number of methoxy groups -OCH3 is 1. The molecule has 1 aliphatic heterocycles. The molecule has 160 valence electrons. The van der Waals surface area contributed by atoms with Crippen molar-refractivity contribution in [3.8, 4) is 17.0 Å². The van der Waals surface area contributed by atoms with Crippen LogP contribution in [0.4, 0.5) is 11.5 Å². The number of nitrogens with zero attached hydrogens (tertiary/aromatic N) is 3. The van der Waals surface area contributed by atoms with Crippen LogP contribution < -0.4 is 10.6 Å². The molecule has 3 aromatic rings. The van der Waals surface area contributed by atoms with E-state index in [1.54, 1.807) is 30.3 Å². The van der Waals surface area contributed by atoms with Crippen molar-refractivity contribution in [2.24, 2.45) is 0 Å². The van der Waals surface area contributed by atoms with E-state index in [9.17, 15) is 9.90 Å². The Hall–Kier alpha value is -3.65. The second kappa shape index (κ2) is 8.61. The molecule has 4 rings (SSSR count). The molecule has 2 heterocycles. The Morgan fingerprint density at radius 1 is 1.19 bits per heavy atom. The number of phenolic OH excluding ortho intramolecular Hbond substituents is 1. The van der Waals surface area contributed by atoms with Gasteiger partial charge in [-0.25, -0.2) is 4.79 Å². The molecule has 2 atom stereocenters. The quantitative estimate of drug-likeness (QED) is 0.619. The zero-order chi connectivity index (χ0) is 22.0. The molecule has 2 aromatic carbocycles. The highest BCUT2D eigenvalue weighted by Crippen LogP contribution is 2.35. The van der Waals surface area contributed by atoms with Gasteiger partial charge in [0.2, 0.25) is 0 Å². The second-order valence-electron chi connectivity index (χ2n) is 7.45. The first-order valence-electron chi connectivity index (χ1n) is 9.96. The van der Waals surface area contributed by atoms with Gasteiger partial charge in [-0.1, -0.05) is 24.3 Å². The molecule has 0 amide bonds. The number of anilines is 2. The number of phenols is 1. The van der Waals surface area contributed by atoms with Crippen molar-refractivity contribution in [2.75, 3.05) is 30.9 Å². The molecule has 8 nitrogen and oxygen atoms in total. The Morgan fingerprint density at radius 3 is 2.65 bits per heavy atom. The Labute approximate surface area is 180 Å². The molecular formula is C23H24N4O4. The van der Waals surface area contributed by atoms with Crippen LogP contribution in [-0.2, 0) is 9.47 Å². The number of nitrogen functional groups attached to an aromatic ring is 1. The number of nitrogens with two attached hydrogens (primary N) is 1. The van der Waals surface area contributed by atoms with E-state index >= 15 is 0 Å². The Morgan fingerprint density at radius 2 is 1.94 bits per heavy atom. The van der Waals surface area contributed by atoms with Crippen molar-refractivity contribution in [1.82, 2.24) is 10.2 Å². The summed E-state index contributed by atoms with van der Waals surface area (Å²) >= 11 is 0. The molecule has 1 saturated heterocycles. The van der Waals surface area contributed by atoms with E-state index in [-0.39, 0.29) is 23.9 Å². The van der Waals surface area contributed by atoms with E-state index in [0.29, 0.717) is 35.8 Å². The SMILES string of the molecule is COC(=O)c1ccc([C@@H]2CN(c3cc(-c4ccccc4O)nnc3N)[C@H](C)CO2)cc1. The number of aromatic hydroxyl groups is 1. The van der Waals surface area contributed by atoms with Crippen LogP contribution in [0.5, 0.6) is 5.75 Å². The van der Waals surface area contributed by atoms with E-state index in [1.807, 2.05) is 24.3 Å². The van der Waals surface area contributed by atoms with Crippen LogP contribution >= 0.6 is 0 Å². The lowest BCUT2D eigenvalue weighted by Crippen LogP contribution is -2.45. The van der Waals surface area contributed by atoms with Gasteiger partial charge in [-0.15, -0.1) is 10.2 Å². The number of esters is 1. The fourth-order valence-corrected chi connectivity index (χ4v) is 3.69. The van der Waals surface area contributed by atoms with Gasteiger partial charge in [-0.2, -0.15) is 0 Å². The van der Waals surface area contributed by atoms with Gasteiger partial charge in [0.1, 0.15) is 11.9 Å². The number of carbonyl (C=O) groups is 1. The molecule has 1 aromatic heterocycles. The van der Waals surface area contributed by atoms with E-state index < -0.39 is 0 Å². The second-order valence-corrected chi connectivity index (χ2v) is 7.45. The van der Waals surface area contributed by atoms with Gasteiger partial charge in [0, 0.05) is 18.2 Å². The average molecular weight is 420 g/mol. The molecule has 1 fully saturated rings. The highest BCUT2D eigenvalue weighted by molar-refractivity contribution is 5.89. The van der Waals surface area contributed by atoms with Crippen molar-refractivity contribution in [2.45, 2.75) is 19.1 Å². The molecule has 0 radical (unpaired) electrons. The Bertz CT molecular complexity index is 1090. The largest absolute Gasteiger partial charge is 0.507 e. The summed E-state index contributed by atoms with van der Waals surface area (Å²) < 4.78 is 10.8. The number of hydrogen-bond acceptors (Lipinski definition) is 8. The van der Waals surface area contributed by atoms with Crippen LogP contribution in [-0.4, -0.2) is 47.6 Å². The zero-order valence-electron chi connectivity index (χ0n) is 17.4. The van der Waals surface area contributed by atoms with Gasteiger partial charge in [0.15, 0.2) is 5.82 Å². The number of aromatic nitrogens is 2. The third-order valence-corrected chi connectivity index (χ3v) is 5.43. The van der Waals surface area contributed by atoms with Gasteiger partial charge >= 0.3 is 5.97 Å². The number of ether oxygens (including phenoxy) is 2. The standard InChI is InChI=1S/C23H24N4O4/c1-14-13-31-21(15-7-9-16(10-8-15)23(29)30-2)12-27(14)19-11-18(25-26-22(19)24)17-5-3-4-6-20(17)28/h3-11,14,21,28H,12-13H2,1-2H3,(H2,24,26)/t14-,21+/m1/s1. The fourth-order valence-electron chi connectivity index (χ4n) is 3.69. The van der Waals surface area contributed by atoms with Crippen molar-refractivity contribution >= 4 is 17.5 Å². The molecular weight excluding hydrogens is 396 g/mol. The normalized spacial score (nSPS) is 18.6. The first kappa shape index (κ1) is 20.6. The van der Waals surface area contributed by atoms with E-state index in [0.717, 1.165) is 11.3 Å². The zero-order valence-corrected chi connectivity index (χ0v) is 17.4. The van der Waals surface area contributed by atoms with Crippen LogP contribution in [0.15, 0.2) is 54.6 Å². The lowest BCUT2D eigenvalue weighted by atomic mass is 10.0. The van der Waals surface area contributed by atoms with Gasteiger partial charge in [0.05, 0.1) is 30.7 Å².